The van der Waals surface area contributed by atoms with E-state index in [1.54, 1.807) is 20.3 Å². The number of hydrogen-bond donors (Lipinski definition) is 0. The molecule has 5 nitrogen and oxygen atoms in total. The molecular weight excluding hydrogens is 304 g/mol. The van der Waals surface area contributed by atoms with E-state index in [9.17, 15) is 4.79 Å². The number of carbonyl (C=O) groups excluding carboxylic acids is 1. The average molecular weight is 326 g/mol. The number of ether oxygens (including phenoxy) is 2. The SMILES string of the molecule is COc1ccc(OC)c(CN(C(=O)c2cccc(C)n2)C2CC2)c1. The van der Waals surface area contributed by atoms with Crippen LogP contribution in [0.4, 0.5) is 0 Å². The number of aromatic nitrogens is 1. The summed E-state index contributed by atoms with van der Waals surface area (Å²) in [5.41, 5.74) is 2.27. The number of aryl methyl sites for hydroxylation is 1. The van der Waals surface area contributed by atoms with E-state index in [2.05, 4.69) is 4.98 Å². The molecule has 1 amide bonds. The van der Waals surface area contributed by atoms with Gasteiger partial charge < -0.3 is 14.4 Å². The molecule has 24 heavy (non-hydrogen) atoms. The molecule has 0 radical (unpaired) electrons. The van der Waals surface area contributed by atoms with E-state index in [-0.39, 0.29) is 11.9 Å². The summed E-state index contributed by atoms with van der Waals surface area (Å²) in [6.45, 7) is 2.38. The molecule has 1 heterocycles. The van der Waals surface area contributed by atoms with Crippen LogP contribution in [0.25, 0.3) is 0 Å². The Balaban J connectivity index is 1.88. The number of benzene rings is 1. The zero-order chi connectivity index (χ0) is 17.1. The molecule has 0 atom stereocenters. The van der Waals surface area contributed by atoms with Crippen LogP contribution in [0.15, 0.2) is 36.4 Å². The first-order valence-corrected chi connectivity index (χ1v) is 8.08. The Labute approximate surface area is 142 Å². The lowest BCUT2D eigenvalue weighted by Gasteiger charge is -2.23. The summed E-state index contributed by atoms with van der Waals surface area (Å²) in [7, 11) is 3.27. The second-order valence-electron chi connectivity index (χ2n) is 6.01. The van der Waals surface area contributed by atoms with E-state index in [4.69, 9.17) is 9.47 Å². The second kappa shape index (κ2) is 6.91. The van der Waals surface area contributed by atoms with Gasteiger partial charge in [0.25, 0.3) is 5.91 Å². The van der Waals surface area contributed by atoms with Crippen molar-refractivity contribution >= 4 is 5.91 Å². The molecule has 1 fully saturated rings. The third-order valence-corrected chi connectivity index (χ3v) is 4.18. The van der Waals surface area contributed by atoms with Crippen molar-refractivity contribution in [2.45, 2.75) is 32.4 Å². The molecule has 0 spiro atoms. The molecule has 3 rings (SSSR count). The predicted molar refractivity (Wildman–Crippen MR) is 91.4 cm³/mol. The van der Waals surface area contributed by atoms with E-state index in [1.165, 1.54) is 0 Å². The molecule has 5 heteroatoms. The van der Waals surface area contributed by atoms with Crippen molar-refractivity contribution in [3.63, 3.8) is 0 Å². The summed E-state index contributed by atoms with van der Waals surface area (Å²) in [5.74, 6) is 1.47. The Morgan fingerprint density at radius 3 is 2.62 bits per heavy atom. The van der Waals surface area contributed by atoms with Crippen molar-refractivity contribution in [3.05, 3.63) is 53.3 Å². The Hall–Kier alpha value is -2.56. The quantitative estimate of drug-likeness (QED) is 0.818. The Morgan fingerprint density at radius 2 is 2.00 bits per heavy atom. The van der Waals surface area contributed by atoms with Gasteiger partial charge in [-0.25, -0.2) is 4.98 Å². The van der Waals surface area contributed by atoms with Gasteiger partial charge >= 0.3 is 0 Å². The first-order valence-electron chi connectivity index (χ1n) is 8.08. The number of carbonyl (C=O) groups is 1. The van der Waals surface area contributed by atoms with Crippen molar-refractivity contribution in [2.75, 3.05) is 14.2 Å². The molecule has 126 valence electrons. The highest BCUT2D eigenvalue weighted by Gasteiger charge is 2.34. The van der Waals surface area contributed by atoms with Gasteiger partial charge in [-0.2, -0.15) is 0 Å². The highest BCUT2D eigenvalue weighted by atomic mass is 16.5. The molecule has 0 bridgehead atoms. The van der Waals surface area contributed by atoms with Crippen LogP contribution in [0, 0.1) is 6.92 Å². The maximum Gasteiger partial charge on any atom is 0.273 e. The first kappa shape index (κ1) is 16.3. The van der Waals surface area contributed by atoms with Gasteiger partial charge in [-0.15, -0.1) is 0 Å². The highest BCUT2D eigenvalue weighted by Crippen LogP contribution is 2.32. The summed E-state index contributed by atoms with van der Waals surface area (Å²) in [5, 5.41) is 0. The minimum atomic E-state index is -0.0360. The van der Waals surface area contributed by atoms with Gasteiger partial charge in [0, 0.05) is 17.3 Å². The van der Waals surface area contributed by atoms with Gasteiger partial charge in [-0.3, -0.25) is 4.79 Å². The monoisotopic (exact) mass is 326 g/mol. The summed E-state index contributed by atoms with van der Waals surface area (Å²) < 4.78 is 10.7. The molecule has 2 aromatic rings. The fraction of sp³-hybridized carbons (Fsp3) is 0.368. The van der Waals surface area contributed by atoms with Crippen LogP contribution in [-0.4, -0.2) is 36.1 Å². The highest BCUT2D eigenvalue weighted by molar-refractivity contribution is 5.92. The molecule has 0 N–H and O–H groups in total. The Kier molecular flexibility index (Phi) is 4.69. The van der Waals surface area contributed by atoms with Crippen LogP contribution < -0.4 is 9.47 Å². The summed E-state index contributed by atoms with van der Waals surface area (Å²) in [6, 6.07) is 11.5. The van der Waals surface area contributed by atoms with E-state index < -0.39 is 0 Å². The molecule has 1 saturated carbocycles. The number of hydrogen-bond acceptors (Lipinski definition) is 4. The zero-order valence-corrected chi connectivity index (χ0v) is 14.3. The summed E-state index contributed by atoms with van der Waals surface area (Å²) >= 11 is 0. The lowest BCUT2D eigenvalue weighted by Crippen LogP contribution is -2.33. The lowest BCUT2D eigenvalue weighted by molar-refractivity contribution is 0.0722. The molecule has 0 saturated heterocycles. The molecule has 1 aromatic heterocycles. The average Bonchev–Trinajstić information content (AvgIpc) is 3.43. The van der Waals surface area contributed by atoms with Gasteiger partial charge in [0.2, 0.25) is 0 Å². The standard InChI is InChI=1S/C19H22N2O3/c1-13-5-4-6-17(20-13)19(22)21(15-7-8-15)12-14-11-16(23-2)9-10-18(14)24-3/h4-6,9-11,15H,7-8,12H2,1-3H3. The van der Waals surface area contributed by atoms with E-state index >= 15 is 0 Å². The number of rotatable bonds is 6. The molecule has 1 aromatic carbocycles. The van der Waals surface area contributed by atoms with Gasteiger partial charge in [0.15, 0.2) is 0 Å². The Bertz CT molecular complexity index is 741. The van der Waals surface area contributed by atoms with Crippen LogP contribution in [0.2, 0.25) is 0 Å². The van der Waals surface area contributed by atoms with Crippen molar-refractivity contribution in [1.29, 1.82) is 0 Å². The third-order valence-electron chi connectivity index (χ3n) is 4.18. The van der Waals surface area contributed by atoms with Crippen LogP contribution in [0.3, 0.4) is 0 Å². The predicted octanol–water partition coefficient (Wildman–Crippen LogP) is 3.21. The fourth-order valence-corrected chi connectivity index (χ4v) is 2.75. The van der Waals surface area contributed by atoms with E-state index in [0.717, 1.165) is 35.6 Å². The van der Waals surface area contributed by atoms with Gasteiger partial charge in [-0.05, 0) is 50.1 Å². The van der Waals surface area contributed by atoms with Crippen LogP contribution in [-0.2, 0) is 6.54 Å². The third kappa shape index (κ3) is 3.50. The van der Waals surface area contributed by atoms with Crippen molar-refractivity contribution < 1.29 is 14.3 Å². The molecular formula is C19H22N2O3. The molecule has 0 aliphatic heterocycles. The van der Waals surface area contributed by atoms with Crippen LogP contribution in [0.5, 0.6) is 11.5 Å². The van der Waals surface area contributed by atoms with Crippen molar-refractivity contribution in [1.82, 2.24) is 9.88 Å². The van der Waals surface area contributed by atoms with Gasteiger partial charge in [-0.1, -0.05) is 6.07 Å². The zero-order valence-electron chi connectivity index (χ0n) is 14.3. The Morgan fingerprint density at radius 1 is 1.21 bits per heavy atom. The molecule has 0 unspecified atom stereocenters. The number of methoxy groups -OCH3 is 2. The maximum absolute atomic E-state index is 12.9. The fourth-order valence-electron chi connectivity index (χ4n) is 2.75. The topological polar surface area (TPSA) is 51.7 Å². The largest absolute Gasteiger partial charge is 0.497 e. The van der Waals surface area contributed by atoms with E-state index in [1.807, 2.05) is 42.2 Å². The minimum Gasteiger partial charge on any atom is -0.497 e. The van der Waals surface area contributed by atoms with Crippen molar-refractivity contribution in [2.24, 2.45) is 0 Å². The molecule has 1 aliphatic carbocycles. The minimum absolute atomic E-state index is 0.0360. The molecule has 1 aliphatic rings. The number of nitrogens with zero attached hydrogens (tertiary/aromatic N) is 2. The smallest absolute Gasteiger partial charge is 0.273 e. The van der Waals surface area contributed by atoms with Crippen molar-refractivity contribution in [3.8, 4) is 11.5 Å². The maximum atomic E-state index is 12.9. The van der Waals surface area contributed by atoms with Gasteiger partial charge in [0.05, 0.1) is 20.8 Å². The lowest BCUT2D eigenvalue weighted by atomic mass is 10.1. The van der Waals surface area contributed by atoms with Crippen LogP contribution in [0.1, 0.15) is 34.6 Å². The van der Waals surface area contributed by atoms with Crippen LogP contribution >= 0.6 is 0 Å². The summed E-state index contributed by atoms with van der Waals surface area (Å²) in [4.78, 5) is 19.2. The second-order valence-corrected chi connectivity index (χ2v) is 6.01. The number of pyridine rings is 1. The summed E-state index contributed by atoms with van der Waals surface area (Å²) in [6.07, 6.45) is 2.06. The first-order chi connectivity index (χ1) is 11.6. The van der Waals surface area contributed by atoms with E-state index in [0.29, 0.717) is 12.2 Å². The normalized spacial score (nSPS) is 13.5. The van der Waals surface area contributed by atoms with Gasteiger partial charge in [0.1, 0.15) is 17.2 Å². The number of amides is 1.